The number of benzene rings is 2. The minimum absolute atomic E-state index is 0.0165. The fourth-order valence-electron chi connectivity index (χ4n) is 2.02. The summed E-state index contributed by atoms with van der Waals surface area (Å²) >= 11 is 0. The Labute approximate surface area is 126 Å². The first-order chi connectivity index (χ1) is 10.1. The largest absolute Gasteiger partial charge is 0.492 e. The van der Waals surface area contributed by atoms with E-state index in [1.807, 2.05) is 62.4 Å². The van der Waals surface area contributed by atoms with Crippen LogP contribution in [0.2, 0.25) is 0 Å². The summed E-state index contributed by atoms with van der Waals surface area (Å²) in [6.45, 7) is 5.08. The van der Waals surface area contributed by atoms with Gasteiger partial charge in [0.05, 0.1) is 6.54 Å². The van der Waals surface area contributed by atoms with E-state index in [0.29, 0.717) is 18.7 Å². The zero-order chi connectivity index (χ0) is 15.2. The number of hydrogen-bond acceptors (Lipinski definition) is 2. The number of ether oxygens (including phenoxy) is 1. The van der Waals surface area contributed by atoms with Crippen molar-refractivity contribution in [2.45, 2.75) is 13.8 Å². The first-order valence-corrected chi connectivity index (χ1v) is 7.08. The highest BCUT2D eigenvalue weighted by Crippen LogP contribution is 2.12. The average molecular weight is 283 g/mol. The zero-order valence-corrected chi connectivity index (χ0v) is 12.8. The second-order valence-corrected chi connectivity index (χ2v) is 5.26. The molecule has 0 aliphatic carbocycles. The molecule has 0 aromatic heterocycles. The van der Waals surface area contributed by atoms with Crippen molar-refractivity contribution >= 4 is 5.91 Å². The molecule has 0 heterocycles. The maximum atomic E-state index is 12.2. The fourth-order valence-corrected chi connectivity index (χ4v) is 2.02. The van der Waals surface area contributed by atoms with Gasteiger partial charge in [-0.3, -0.25) is 4.79 Å². The Morgan fingerprint density at radius 2 is 1.76 bits per heavy atom. The standard InChI is InChI=1S/C18H21NO2/c1-14-7-9-16(10-8-14)18(20)19(3)11-12-21-17-6-4-5-15(2)13-17/h4-10,13H,11-12H2,1-3H3. The van der Waals surface area contributed by atoms with Gasteiger partial charge in [0.2, 0.25) is 0 Å². The van der Waals surface area contributed by atoms with E-state index in [4.69, 9.17) is 4.74 Å². The van der Waals surface area contributed by atoms with E-state index in [1.54, 1.807) is 11.9 Å². The van der Waals surface area contributed by atoms with Crippen molar-refractivity contribution in [2.75, 3.05) is 20.2 Å². The molecule has 21 heavy (non-hydrogen) atoms. The third-order valence-electron chi connectivity index (χ3n) is 3.33. The molecule has 0 radical (unpaired) electrons. The topological polar surface area (TPSA) is 29.5 Å². The Balaban J connectivity index is 1.85. The van der Waals surface area contributed by atoms with Crippen LogP contribution in [0.1, 0.15) is 21.5 Å². The van der Waals surface area contributed by atoms with E-state index in [2.05, 4.69) is 0 Å². The number of aryl methyl sites for hydroxylation is 2. The SMILES string of the molecule is Cc1ccc(C(=O)N(C)CCOc2cccc(C)c2)cc1. The second-order valence-electron chi connectivity index (χ2n) is 5.26. The molecule has 0 fully saturated rings. The molecule has 0 aliphatic rings. The number of rotatable bonds is 5. The van der Waals surface area contributed by atoms with Crippen LogP contribution in [-0.4, -0.2) is 31.0 Å². The molecule has 0 atom stereocenters. The van der Waals surface area contributed by atoms with Gasteiger partial charge in [-0.25, -0.2) is 0 Å². The quantitative estimate of drug-likeness (QED) is 0.841. The lowest BCUT2D eigenvalue weighted by Crippen LogP contribution is -2.30. The van der Waals surface area contributed by atoms with Crippen LogP contribution in [0.25, 0.3) is 0 Å². The minimum atomic E-state index is 0.0165. The van der Waals surface area contributed by atoms with Crippen LogP contribution in [0.5, 0.6) is 5.75 Å². The van der Waals surface area contributed by atoms with Crippen LogP contribution in [0.4, 0.5) is 0 Å². The van der Waals surface area contributed by atoms with Gasteiger partial charge in [-0.2, -0.15) is 0 Å². The Kier molecular flexibility index (Phi) is 4.99. The molecular weight excluding hydrogens is 262 g/mol. The van der Waals surface area contributed by atoms with Crippen molar-refractivity contribution in [3.05, 3.63) is 65.2 Å². The highest BCUT2D eigenvalue weighted by atomic mass is 16.5. The molecule has 0 spiro atoms. The van der Waals surface area contributed by atoms with E-state index in [9.17, 15) is 4.79 Å². The fraction of sp³-hybridized carbons (Fsp3) is 0.278. The predicted molar refractivity (Wildman–Crippen MR) is 84.8 cm³/mol. The number of likely N-dealkylation sites (N-methyl/N-ethyl adjacent to an activating group) is 1. The molecule has 0 saturated carbocycles. The normalized spacial score (nSPS) is 10.2. The summed E-state index contributed by atoms with van der Waals surface area (Å²) < 4.78 is 5.67. The van der Waals surface area contributed by atoms with Crippen molar-refractivity contribution in [1.82, 2.24) is 4.90 Å². The van der Waals surface area contributed by atoms with Crippen LogP contribution < -0.4 is 4.74 Å². The molecule has 3 nitrogen and oxygen atoms in total. The van der Waals surface area contributed by atoms with Crippen LogP contribution in [0, 0.1) is 13.8 Å². The smallest absolute Gasteiger partial charge is 0.253 e. The molecule has 2 aromatic rings. The molecule has 3 heteroatoms. The summed E-state index contributed by atoms with van der Waals surface area (Å²) in [5.74, 6) is 0.856. The van der Waals surface area contributed by atoms with Gasteiger partial charge in [0.1, 0.15) is 12.4 Å². The van der Waals surface area contributed by atoms with E-state index in [0.717, 1.165) is 16.9 Å². The third-order valence-corrected chi connectivity index (χ3v) is 3.33. The molecule has 0 N–H and O–H groups in total. The highest BCUT2D eigenvalue weighted by molar-refractivity contribution is 5.94. The number of amides is 1. The van der Waals surface area contributed by atoms with Crippen molar-refractivity contribution in [2.24, 2.45) is 0 Å². The first kappa shape index (κ1) is 15.1. The second kappa shape index (κ2) is 6.93. The van der Waals surface area contributed by atoms with Gasteiger partial charge >= 0.3 is 0 Å². The van der Waals surface area contributed by atoms with E-state index in [-0.39, 0.29) is 5.91 Å². The molecule has 0 saturated heterocycles. The predicted octanol–water partition coefficient (Wildman–Crippen LogP) is 3.45. The number of nitrogens with zero attached hydrogens (tertiary/aromatic N) is 1. The molecule has 2 aromatic carbocycles. The Hall–Kier alpha value is -2.29. The van der Waals surface area contributed by atoms with Gasteiger partial charge in [0.15, 0.2) is 0 Å². The lowest BCUT2D eigenvalue weighted by atomic mass is 10.1. The van der Waals surface area contributed by atoms with Crippen LogP contribution in [-0.2, 0) is 0 Å². The molecule has 0 unspecified atom stereocenters. The average Bonchev–Trinajstić information content (AvgIpc) is 2.47. The molecule has 0 aliphatic heterocycles. The first-order valence-electron chi connectivity index (χ1n) is 7.08. The highest BCUT2D eigenvalue weighted by Gasteiger charge is 2.11. The lowest BCUT2D eigenvalue weighted by Gasteiger charge is -2.17. The van der Waals surface area contributed by atoms with Crippen molar-refractivity contribution in [3.8, 4) is 5.75 Å². The van der Waals surface area contributed by atoms with Gasteiger partial charge in [-0.1, -0.05) is 29.8 Å². The van der Waals surface area contributed by atoms with Gasteiger partial charge < -0.3 is 9.64 Å². The van der Waals surface area contributed by atoms with E-state index >= 15 is 0 Å². The Bertz CT molecular complexity index is 605. The lowest BCUT2D eigenvalue weighted by molar-refractivity contribution is 0.0774. The maximum absolute atomic E-state index is 12.2. The Morgan fingerprint density at radius 3 is 2.43 bits per heavy atom. The molecular formula is C18H21NO2. The summed E-state index contributed by atoms with van der Waals surface area (Å²) in [6, 6.07) is 15.5. The number of hydrogen-bond donors (Lipinski definition) is 0. The molecule has 1 amide bonds. The third kappa shape index (κ3) is 4.35. The van der Waals surface area contributed by atoms with Gasteiger partial charge in [0.25, 0.3) is 5.91 Å². The molecule has 0 bridgehead atoms. The van der Waals surface area contributed by atoms with Crippen molar-refractivity contribution in [3.63, 3.8) is 0 Å². The summed E-state index contributed by atoms with van der Waals surface area (Å²) in [5.41, 5.74) is 3.02. The summed E-state index contributed by atoms with van der Waals surface area (Å²) in [4.78, 5) is 13.9. The Morgan fingerprint density at radius 1 is 1.05 bits per heavy atom. The van der Waals surface area contributed by atoms with Crippen LogP contribution in [0.3, 0.4) is 0 Å². The number of carbonyl (C=O) groups is 1. The van der Waals surface area contributed by atoms with E-state index in [1.165, 1.54) is 0 Å². The van der Waals surface area contributed by atoms with Crippen LogP contribution in [0.15, 0.2) is 48.5 Å². The zero-order valence-electron chi connectivity index (χ0n) is 12.8. The van der Waals surface area contributed by atoms with Crippen LogP contribution >= 0.6 is 0 Å². The van der Waals surface area contributed by atoms with E-state index < -0.39 is 0 Å². The monoisotopic (exact) mass is 283 g/mol. The summed E-state index contributed by atoms with van der Waals surface area (Å²) in [7, 11) is 1.79. The van der Waals surface area contributed by atoms with Gasteiger partial charge in [-0.05, 0) is 43.7 Å². The number of carbonyl (C=O) groups excluding carboxylic acids is 1. The summed E-state index contributed by atoms with van der Waals surface area (Å²) in [6.07, 6.45) is 0. The minimum Gasteiger partial charge on any atom is -0.492 e. The summed E-state index contributed by atoms with van der Waals surface area (Å²) in [5, 5.41) is 0. The molecule has 110 valence electrons. The van der Waals surface area contributed by atoms with Gasteiger partial charge in [-0.15, -0.1) is 0 Å². The molecule has 2 rings (SSSR count). The van der Waals surface area contributed by atoms with Gasteiger partial charge in [0, 0.05) is 12.6 Å². The van der Waals surface area contributed by atoms with Crippen molar-refractivity contribution < 1.29 is 9.53 Å². The maximum Gasteiger partial charge on any atom is 0.253 e. The van der Waals surface area contributed by atoms with Crippen molar-refractivity contribution in [1.29, 1.82) is 0 Å².